The normalized spacial score (nSPS) is 10.4. The van der Waals surface area contributed by atoms with E-state index in [0.29, 0.717) is 19.5 Å². The average molecular weight is 366 g/mol. The molecule has 0 rings (SSSR count). The Morgan fingerprint density at radius 1 is 0.760 bits per heavy atom. The molecule has 6 nitrogen and oxygen atoms in total. The minimum atomic E-state index is -0.208. The first kappa shape index (κ1) is 29.2. The first-order valence-electron chi connectivity index (χ1n) is 9.72. The van der Waals surface area contributed by atoms with E-state index in [1.807, 2.05) is 27.7 Å². The summed E-state index contributed by atoms with van der Waals surface area (Å²) in [6, 6.07) is 0. The Labute approximate surface area is 154 Å². The maximum absolute atomic E-state index is 10.9. The molecule has 0 aliphatic carbocycles. The fraction of sp³-hybridized carbons (Fsp3) is 0.947. The summed E-state index contributed by atoms with van der Waals surface area (Å²) >= 11 is 0. The summed E-state index contributed by atoms with van der Waals surface area (Å²) < 4.78 is 0. The first-order valence-corrected chi connectivity index (χ1v) is 9.72. The highest BCUT2D eigenvalue weighted by molar-refractivity contribution is 5.75. The zero-order valence-corrected chi connectivity index (χ0v) is 17.1. The van der Waals surface area contributed by atoms with Crippen LogP contribution in [0.25, 0.3) is 0 Å². The predicted octanol–water partition coefficient (Wildman–Crippen LogP) is 1.69. The molecule has 0 aliphatic heterocycles. The van der Waals surface area contributed by atoms with Crippen molar-refractivity contribution in [2.75, 3.05) is 46.1 Å². The molecule has 0 amide bonds. The summed E-state index contributed by atoms with van der Waals surface area (Å²) in [5, 5.41) is 36.7. The molecule has 0 bridgehead atoms. The van der Waals surface area contributed by atoms with Crippen molar-refractivity contribution in [3.63, 3.8) is 0 Å². The molecule has 0 saturated carbocycles. The van der Waals surface area contributed by atoms with Gasteiger partial charge in [0.2, 0.25) is 0 Å². The molecular formula is C19H43NO5. The molecule has 25 heavy (non-hydrogen) atoms. The second-order valence-electron chi connectivity index (χ2n) is 5.73. The Bertz CT molecular complexity index is 242. The van der Waals surface area contributed by atoms with E-state index in [1.54, 1.807) is 6.92 Å². The molecule has 0 saturated heterocycles. The fourth-order valence-corrected chi connectivity index (χ4v) is 2.22. The van der Waals surface area contributed by atoms with Gasteiger partial charge in [0.1, 0.15) is 5.78 Å². The zero-order valence-electron chi connectivity index (χ0n) is 17.1. The van der Waals surface area contributed by atoms with Crippen molar-refractivity contribution in [1.29, 1.82) is 0 Å². The number of carbonyl (C=O) groups excluding carboxylic acids is 1. The number of carbonyl (C=O) groups is 1. The van der Waals surface area contributed by atoms with Crippen molar-refractivity contribution in [3.8, 4) is 0 Å². The van der Waals surface area contributed by atoms with Crippen LogP contribution in [0.3, 0.4) is 0 Å². The molecule has 0 radical (unpaired) electrons. The van der Waals surface area contributed by atoms with Crippen molar-refractivity contribution in [2.45, 2.75) is 60.3 Å². The summed E-state index contributed by atoms with van der Waals surface area (Å²) in [6.45, 7) is 11.1. The summed E-state index contributed by atoms with van der Waals surface area (Å²) in [4.78, 5) is 12.9. The molecule has 0 unspecified atom stereocenters. The molecule has 6 heteroatoms. The number of Topliss-reactive ketones (excluding diaryl/α,β-unsaturated/α-hetero) is 1. The highest BCUT2D eigenvalue weighted by atomic mass is 16.3. The third-order valence-electron chi connectivity index (χ3n) is 3.57. The van der Waals surface area contributed by atoms with E-state index in [2.05, 4.69) is 4.90 Å². The van der Waals surface area contributed by atoms with Gasteiger partial charge in [0.05, 0.1) is 0 Å². The quantitative estimate of drug-likeness (QED) is 0.350. The fourth-order valence-electron chi connectivity index (χ4n) is 2.22. The van der Waals surface area contributed by atoms with Gasteiger partial charge >= 0.3 is 0 Å². The van der Waals surface area contributed by atoms with Gasteiger partial charge in [-0.1, -0.05) is 34.1 Å². The van der Waals surface area contributed by atoms with Crippen LogP contribution in [0.4, 0.5) is 0 Å². The molecule has 0 atom stereocenters. The molecule has 0 heterocycles. The Morgan fingerprint density at radius 2 is 1.16 bits per heavy atom. The second kappa shape index (κ2) is 23.5. The Hall–Kier alpha value is -0.530. The van der Waals surface area contributed by atoms with Crippen LogP contribution in [0, 0.1) is 11.8 Å². The maximum atomic E-state index is 10.9. The highest BCUT2D eigenvalue weighted by Gasteiger charge is 2.16. The van der Waals surface area contributed by atoms with E-state index in [9.17, 15) is 25.2 Å². The van der Waals surface area contributed by atoms with Crippen LogP contribution in [0.1, 0.15) is 60.3 Å². The van der Waals surface area contributed by atoms with Crippen LogP contribution in [0.15, 0.2) is 0 Å². The lowest BCUT2D eigenvalue weighted by atomic mass is 10.1. The van der Waals surface area contributed by atoms with Crippen molar-refractivity contribution in [1.82, 2.24) is 4.90 Å². The van der Waals surface area contributed by atoms with Gasteiger partial charge in [0.25, 0.3) is 0 Å². The van der Waals surface area contributed by atoms with E-state index in [1.165, 1.54) is 0 Å². The standard InChI is InChI=1S/C15H31NO5.2C2H6/c1-13(21)5-3-2-4-6-16(7-14(9-17)10-18)8-15(11-19)12-20;2*1-2/h14-15,17-20H,2-12H2,1H3;2*1-2H3. The number of nitrogens with zero attached hydrogens (tertiary/aromatic N) is 1. The first-order chi connectivity index (χ1) is 12.1. The minimum Gasteiger partial charge on any atom is -0.396 e. The number of rotatable bonds is 14. The van der Waals surface area contributed by atoms with Crippen molar-refractivity contribution in [3.05, 3.63) is 0 Å². The van der Waals surface area contributed by atoms with Crippen LogP contribution < -0.4 is 0 Å². The molecule has 0 aromatic heterocycles. The number of hydrogen-bond donors (Lipinski definition) is 4. The smallest absolute Gasteiger partial charge is 0.129 e. The molecular weight excluding hydrogens is 322 g/mol. The highest BCUT2D eigenvalue weighted by Crippen LogP contribution is 2.08. The van der Waals surface area contributed by atoms with E-state index in [4.69, 9.17) is 0 Å². The average Bonchev–Trinajstić information content (AvgIpc) is 2.66. The van der Waals surface area contributed by atoms with Crippen molar-refractivity contribution in [2.24, 2.45) is 11.8 Å². The lowest BCUT2D eigenvalue weighted by molar-refractivity contribution is -0.117. The molecule has 154 valence electrons. The lowest BCUT2D eigenvalue weighted by Crippen LogP contribution is -2.38. The number of hydrogen-bond acceptors (Lipinski definition) is 6. The van der Waals surface area contributed by atoms with E-state index in [0.717, 1.165) is 25.8 Å². The van der Waals surface area contributed by atoms with Crippen molar-refractivity contribution < 1.29 is 25.2 Å². The van der Waals surface area contributed by atoms with Gasteiger partial charge in [-0.05, 0) is 26.3 Å². The molecule has 0 aromatic carbocycles. The minimum absolute atomic E-state index is 0.0831. The van der Waals surface area contributed by atoms with E-state index >= 15 is 0 Å². The molecule has 4 N–H and O–H groups in total. The predicted molar refractivity (Wildman–Crippen MR) is 104 cm³/mol. The van der Waals surface area contributed by atoms with Crippen LogP contribution in [-0.2, 0) is 4.79 Å². The van der Waals surface area contributed by atoms with Gasteiger partial charge in [-0.2, -0.15) is 0 Å². The van der Waals surface area contributed by atoms with Crippen molar-refractivity contribution >= 4 is 5.78 Å². The number of unbranched alkanes of at least 4 members (excludes halogenated alkanes) is 2. The monoisotopic (exact) mass is 365 g/mol. The molecule has 0 spiro atoms. The summed E-state index contributed by atoms with van der Waals surface area (Å²) in [5.74, 6) is -0.214. The van der Waals surface area contributed by atoms with Gasteiger partial charge in [-0.25, -0.2) is 0 Å². The lowest BCUT2D eigenvalue weighted by Gasteiger charge is -2.28. The maximum Gasteiger partial charge on any atom is 0.129 e. The SMILES string of the molecule is CC.CC.CC(=O)CCCCCN(CC(CO)CO)CC(CO)CO. The van der Waals surface area contributed by atoms with Gasteiger partial charge in [0, 0.05) is 57.8 Å². The van der Waals surface area contributed by atoms with Gasteiger partial charge < -0.3 is 30.1 Å². The third-order valence-corrected chi connectivity index (χ3v) is 3.57. The zero-order chi connectivity index (χ0) is 20.1. The Morgan fingerprint density at radius 3 is 1.48 bits per heavy atom. The van der Waals surface area contributed by atoms with E-state index < -0.39 is 0 Å². The molecule has 0 fully saturated rings. The van der Waals surface area contributed by atoms with Crippen LogP contribution in [0.2, 0.25) is 0 Å². The van der Waals surface area contributed by atoms with Gasteiger partial charge in [-0.15, -0.1) is 0 Å². The Balaban J connectivity index is -0.00000112. The topological polar surface area (TPSA) is 101 Å². The van der Waals surface area contributed by atoms with Gasteiger partial charge in [-0.3, -0.25) is 0 Å². The second-order valence-corrected chi connectivity index (χ2v) is 5.73. The van der Waals surface area contributed by atoms with Crippen LogP contribution in [-0.4, -0.2) is 77.2 Å². The van der Waals surface area contributed by atoms with Crippen LogP contribution >= 0.6 is 0 Å². The summed E-state index contributed by atoms with van der Waals surface area (Å²) in [6.07, 6.45) is 3.34. The Kier molecular flexibility index (Phi) is 27.5. The third kappa shape index (κ3) is 19.6. The summed E-state index contributed by atoms with van der Waals surface area (Å²) in [7, 11) is 0. The largest absolute Gasteiger partial charge is 0.396 e. The van der Waals surface area contributed by atoms with E-state index in [-0.39, 0.29) is 44.0 Å². The number of ketones is 1. The van der Waals surface area contributed by atoms with Gasteiger partial charge in [0.15, 0.2) is 0 Å². The number of aliphatic hydroxyl groups is 4. The summed E-state index contributed by atoms with van der Waals surface area (Å²) in [5.41, 5.74) is 0. The number of aliphatic hydroxyl groups excluding tert-OH is 4. The van der Waals surface area contributed by atoms with Crippen LogP contribution in [0.5, 0.6) is 0 Å². The molecule has 0 aliphatic rings. The molecule has 0 aromatic rings.